The molecule has 0 spiro atoms. The molecule has 0 fully saturated rings. The summed E-state index contributed by atoms with van der Waals surface area (Å²) in [5.74, 6) is -0.498. The summed E-state index contributed by atoms with van der Waals surface area (Å²) < 4.78 is 44.5. The van der Waals surface area contributed by atoms with Crippen molar-refractivity contribution in [1.29, 1.82) is 0 Å². The van der Waals surface area contributed by atoms with Crippen LogP contribution in [0.5, 0.6) is 5.75 Å². The average Bonchev–Trinajstić information content (AvgIpc) is 3.31. The standard InChI is InChI=1S/C31H30F3NO3S2/c1-20-18-25(16-17-26(20)38-19-28(36)37)39-27(11-7-6-10-22-8-4-3-5-9-22)29-21(2)35-30(40-29)23-12-14-24(15-13-23)31(32,33)34/h3-5,8-9,12-18,27H,6-7,10-11,19H2,1-2H3,(H,36,37). The number of thiazole rings is 1. The quantitative estimate of drug-likeness (QED) is 0.133. The molecule has 1 aromatic heterocycles. The van der Waals surface area contributed by atoms with Crippen molar-refractivity contribution in [2.24, 2.45) is 0 Å². The second-order valence-electron chi connectivity index (χ2n) is 9.49. The SMILES string of the molecule is Cc1cc(SC(CCCCc2ccccc2)c2sc(-c3ccc(C(F)(F)F)cc3)nc2C)ccc1OCC(=O)O. The van der Waals surface area contributed by atoms with E-state index in [4.69, 9.17) is 14.8 Å². The second-order valence-corrected chi connectivity index (χ2v) is 11.8. The molecule has 1 N–H and O–H groups in total. The molecule has 0 bridgehead atoms. The number of aryl methyl sites for hydroxylation is 3. The molecule has 0 aliphatic heterocycles. The van der Waals surface area contributed by atoms with Gasteiger partial charge >= 0.3 is 12.1 Å². The van der Waals surface area contributed by atoms with Crippen molar-refractivity contribution in [1.82, 2.24) is 4.98 Å². The summed E-state index contributed by atoms with van der Waals surface area (Å²) in [5, 5.41) is 9.71. The second kappa shape index (κ2) is 13.4. The summed E-state index contributed by atoms with van der Waals surface area (Å²) in [6.07, 6.45) is -0.449. The molecule has 1 unspecified atom stereocenters. The smallest absolute Gasteiger partial charge is 0.416 e. The van der Waals surface area contributed by atoms with Crippen molar-refractivity contribution < 1.29 is 27.8 Å². The highest BCUT2D eigenvalue weighted by Gasteiger charge is 2.30. The topological polar surface area (TPSA) is 59.4 Å². The largest absolute Gasteiger partial charge is 0.482 e. The maximum atomic E-state index is 13.0. The Labute approximate surface area is 240 Å². The third kappa shape index (κ3) is 8.11. The highest BCUT2D eigenvalue weighted by molar-refractivity contribution is 7.99. The van der Waals surface area contributed by atoms with E-state index in [0.29, 0.717) is 16.3 Å². The molecule has 0 saturated carbocycles. The molecular weight excluding hydrogens is 555 g/mol. The number of hydrogen-bond donors (Lipinski definition) is 1. The van der Waals surface area contributed by atoms with Crippen LogP contribution < -0.4 is 4.74 Å². The summed E-state index contributed by atoms with van der Waals surface area (Å²) in [7, 11) is 0. The van der Waals surface area contributed by atoms with Crippen LogP contribution in [-0.2, 0) is 17.4 Å². The highest BCUT2D eigenvalue weighted by atomic mass is 32.2. The zero-order chi connectivity index (χ0) is 28.7. The summed E-state index contributed by atoms with van der Waals surface area (Å²) in [4.78, 5) is 17.7. The first-order chi connectivity index (χ1) is 19.1. The zero-order valence-electron chi connectivity index (χ0n) is 22.2. The van der Waals surface area contributed by atoms with Gasteiger partial charge in [0.25, 0.3) is 0 Å². The molecule has 0 aliphatic rings. The van der Waals surface area contributed by atoms with Gasteiger partial charge < -0.3 is 9.84 Å². The summed E-state index contributed by atoms with van der Waals surface area (Å²) >= 11 is 3.24. The average molecular weight is 586 g/mol. The molecule has 4 rings (SSSR count). The van der Waals surface area contributed by atoms with Crippen LogP contribution in [0.2, 0.25) is 0 Å². The number of unbranched alkanes of at least 4 members (excludes halogenated alkanes) is 1. The minimum Gasteiger partial charge on any atom is -0.482 e. The number of alkyl halides is 3. The van der Waals surface area contributed by atoms with E-state index in [2.05, 4.69) is 12.1 Å². The summed E-state index contributed by atoms with van der Waals surface area (Å²) in [6.45, 7) is 3.44. The number of carboxylic acids is 1. The number of ether oxygens (including phenoxy) is 1. The molecule has 210 valence electrons. The Bertz CT molecular complexity index is 1420. The Morgan fingerprint density at radius 1 is 1.02 bits per heavy atom. The van der Waals surface area contributed by atoms with E-state index in [0.717, 1.165) is 58.8 Å². The van der Waals surface area contributed by atoms with E-state index >= 15 is 0 Å². The third-order valence-corrected chi connectivity index (χ3v) is 9.14. The van der Waals surface area contributed by atoms with Crippen molar-refractivity contribution in [2.75, 3.05) is 6.61 Å². The van der Waals surface area contributed by atoms with E-state index in [1.807, 2.05) is 44.2 Å². The van der Waals surface area contributed by atoms with Gasteiger partial charge in [-0.3, -0.25) is 0 Å². The number of rotatable bonds is 12. The number of thioether (sulfide) groups is 1. The van der Waals surface area contributed by atoms with Gasteiger partial charge in [-0.2, -0.15) is 13.2 Å². The number of hydrogen-bond acceptors (Lipinski definition) is 5. The number of aromatic nitrogens is 1. The fraction of sp³-hybridized carbons (Fsp3) is 0.290. The van der Waals surface area contributed by atoms with E-state index < -0.39 is 24.3 Å². The predicted octanol–water partition coefficient (Wildman–Crippen LogP) is 9.16. The lowest BCUT2D eigenvalue weighted by Crippen LogP contribution is -2.10. The molecule has 4 nitrogen and oxygen atoms in total. The molecule has 9 heteroatoms. The van der Waals surface area contributed by atoms with Gasteiger partial charge in [0.15, 0.2) is 6.61 Å². The maximum absolute atomic E-state index is 13.0. The molecule has 0 radical (unpaired) electrons. The van der Waals surface area contributed by atoms with Gasteiger partial charge in [0.1, 0.15) is 10.8 Å². The molecule has 0 aliphatic carbocycles. The van der Waals surface area contributed by atoms with Gasteiger partial charge in [-0.05, 0) is 74.6 Å². The van der Waals surface area contributed by atoms with E-state index in [-0.39, 0.29) is 5.25 Å². The molecule has 40 heavy (non-hydrogen) atoms. The minimum atomic E-state index is -4.38. The Balaban J connectivity index is 1.54. The lowest BCUT2D eigenvalue weighted by atomic mass is 10.1. The molecule has 0 amide bonds. The third-order valence-electron chi connectivity index (χ3n) is 6.38. The monoisotopic (exact) mass is 585 g/mol. The van der Waals surface area contributed by atoms with Crippen LogP contribution >= 0.6 is 23.1 Å². The summed E-state index contributed by atoms with van der Waals surface area (Å²) in [6, 6.07) is 21.2. The number of benzene rings is 3. The van der Waals surface area contributed by atoms with Crippen molar-refractivity contribution in [3.63, 3.8) is 0 Å². The molecule has 1 heterocycles. The Morgan fingerprint density at radius 2 is 1.75 bits per heavy atom. The predicted molar refractivity (Wildman–Crippen MR) is 154 cm³/mol. The van der Waals surface area contributed by atoms with Gasteiger partial charge in [0.2, 0.25) is 0 Å². The molecule has 0 saturated heterocycles. The highest BCUT2D eigenvalue weighted by Crippen LogP contribution is 2.45. The van der Waals surface area contributed by atoms with Gasteiger partial charge in [0.05, 0.1) is 11.3 Å². The van der Waals surface area contributed by atoms with Crippen LogP contribution in [0.4, 0.5) is 13.2 Å². The van der Waals surface area contributed by atoms with Crippen molar-refractivity contribution >= 4 is 29.1 Å². The van der Waals surface area contributed by atoms with Crippen LogP contribution in [0, 0.1) is 13.8 Å². The van der Waals surface area contributed by atoms with Crippen LogP contribution in [0.3, 0.4) is 0 Å². The van der Waals surface area contributed by atoms with Crippen molar-refractivity contribution in [3.8, 4) is 16.3 Å². The first-order valence-corrected chi connectivity index (χ1v) is 14.6. The van der Waals surface area contributed by atoms with Crippen LogP contribution in [0.25, 0.3) is 10.6 Å². The Hall–Kier alpha value is -3.30. The van der Waals surface area contributed by atoms with Crippen LogP contribution in [0.1, 0.15) is 51.8 Å². The van der Waals surface area contributed by atoms with E-state index in [9.17, 15) is 18.0 Å². The summed E-state index contributed by atoms with van der Waals surface area (Å²) in [5.41, 5.74) is 3.01. The lowest BCUT2D eigenvalue weighted by Gasteiger charge is -2.17. The van der Waals surface area contributed by atoms with Crippen LogP contribution in [0.15, 0.2) is 77.7 Å². The van der Waals surface area contributed by atoms with E-state index in [1.54, 1.807) is 17.8 Å². The van der Waals surface area contributed by atoms with Crippen molar-refractivity contribution in [3.05, 3.63) is 100 Å². The number of carboxylic acid groups (broad SMARTS) is 1. The zero-order valence-corrected chi connectivity index (χ0v) is 23.8. The van der Waals surface area contributed by atoms with Crippen LogP contribution in [-0.4, -0.2) is 22.7 Å². The Morgan fingerprint density at radius 3 is 2.40 bits per heavy atom. The number of halogens is 3. The van der Waals surface area contributed by atoms with Gasteiger partial charge in [-0.25, -0.2) is 9.78 Å². The molecule has 4 aromatic rings. The van der Waals surface area contributed by atoms with Gasteiger partial charge in [0, 0.05) is 20.6 Å². The Kier molecular flexibility index (Phi) is 9.92. The molecule has 1 atom stereocenters. The molecular formula is C31H30F3NO3S2. The first kappa shape index (κ1) is 29.7. The lowest BCUT2D eigenvalue weighted by molar-refractivity contribution is -0.139. The first-order valence-electron chi connectivity index (χ1n) is 12.9. The maximum Gasteiger partial charge on any atom is 0.416 e. The fourth-order valence-electron chi connectivity index (χ4n) is 4.34. The van der Waals surface area contributed by atoms with Gasteiger partial charge in [-0.1, -0.05) is 48.9 Å². The van der Waals surface area contributed by atoms with Gasteiger partial charge in [-0.15, -0.1) is 23.1 Å². The number of aliphatic carboxylic acids is 1. The van der Waals surface area contributed by atoms with Crippen molar-refractivity contribution in [2.45, 2.75) is 55.9 Å². The normalized spacial score (nSPS) is 12.3. The molecule has 3 aromatic carbocycles. The number of carbonyl (C=O) groups is 1. The van der Waals surface area contributed by atoms with E-state index in [1.165, 1.54) is 29.0 Å². The number of nitrogens with zero attached hydrogens (tertiary/aromatic N) is 1. The fourth-order valence-corrected chi connectivity index (χ4v) is 7.00. The minimum absolute atomic E-state index is 0.0988.